The maximum absolute atomic E-state index is 16.7. The minimum absolute atomic E-state index is 0.00687. The Morgan fingerprint density at radius 1 is 1.30 bits per heavy atom. The molecule has 1 atom stereocenters. The second-order valence-electron chi connectivity index (χ2n) is 11.8. The molecule has 0 aliphatic rings. The van der Waals surface area contributed by atoms with Gasteiger partial charge in [0.1, 0.15) is 45.8 Å². The van der Waals surface area contributed by atoms with Gasteiger partial charge in [0.25, 0.3) is 5.56 Å². The summed E-state index contributed by atoms with van der Waals surface area (Å²) >= 11 is 8.77. The van der Waals surface area contributed by atoms with Crippen LogP contribution >= 0.6 is 34.7 Å². The molecule has 3 aromatic heterocycles. The molecule has 5 aromatic rings. The van der Waals surface area contributed by atoms with E-state index in [0.29, 0.717) is 12.2 Å². The van der Waals surface area contributed by atoms with E-state index in [0.717, 1.165) is 34.7 Å². The van der Waals surface area contributed by atoms with Crippen LogP contribution in [0.2, 0.25) is 5.02 Å². The van der Waals surface area contributed by atoms with Crippen LogP contribution in [0.5, 0.6) is 5.75 Å². The number of halogens is 3. The summed E-state index contributed by atoms with van der Waals surface area (Å²) in [5, 5.41) is 15.6. The van der Waals surface area contributed by atoms with E-state index in [1.54, 1.807) is 45.4 Å². The summed E-state index contributed by atoms with van der Waals surface area (Å²) in [6.45, 7) is 9.00. The number of hydrogen-bond acceptors (Lipinski definition) is 11. The lowest BCUT2D eigenvalue weighted by molar-refractivity contribution is 0.0636. The van der Waals surface area contributed by atoms with E-state index in [9.17, 15) is 14.9 Å². The van der Waals surface area contributed by atoms with E-state index in [1.165, 1.54) is 6.07 Å². The largest absolute Gasteiger partial charge is 0.490 e. The molecule has 1 amide bonds. The van der Waals surface area contributed by atoms with Gasteiger partial charge in [0.2, 0.25) is 0 Å². The predicted octanol–water partition coefficient (Wildman–Crippen LogP) is 7.94. The van der Waals surface area contributed by atoms with Gasteiger partial charge >= 0.3 is 6.09 Å². The van der Waals surface area contributed by atoms with Crippen molar-refractivity contribution in [2.24, 2.45) is 0 Å². The van der Waals surface area contributed by atoms with E-state index in [2.05, 4.69) is 32.2 Å². The SMILES string of the molecule is C=CCC(NCCOc1c(Cl)c(-c2ccc(F)c3sc(NC(=O)OC(C)(C)C)c(C#N)c23)c(F)c2nc(SC)[nH]c(=O)c12)c1cccnc1N. The van der Waals surface area contributed by atoms with E-state index in [1.807, 2.05) is 12.1 Å². The number of nitriles is 1. The Morgan fingerprint density at radius 2 is 2.06 bits per heavy atom. The minimum Gasteiger partial charge on any atom is -0.490 e. The standard InChI is InChI=1S/C34H32ClF2N7O4S2/c1-6-8-20(16-9-7-12-41-29(16)39)40-13-14-47-27-23-26(42-32(49-5)43-30(23)45)25(37)22(24(27)35)17-10-11-19(36)28-21(17)18(15-38)31(50-28)44-33(46)48-34(2,3)4/h6-7,9-12,20,40H,1,8,13-14H2,2-5H3,(H2,39,41)(H,44,46)(H,42,43,45). The van der Waals surface area contributed by atoms with Crippen LogP contribution in [0.1, 0.15) is 44.4 Å². The lowest BCUT2D eigenvalue weighted by Gasteiger charge is -2.20. The number of ether oxygens (including phenoxy) is 2. The van der Waals surface area contributed by atoms with E-state index in [-0.39, 0.29) is 77.8 Å². The number of thiophene rings is 1. The molecule has 1 unspecified atom stereocenters. The van der Waals surface area contributed by atoms with Gasteiger partial charge in [0, 0.05) is 35.3 Å². The molecule has 16 heteroatoms. The minimum atomic E-state index is -0.986. The molecule has 0 spiro atoms. The summed E-state index contributed by atoms with van der Waals surface area (Å²) in [5.74, 6) is -1.52. The average Bonchev–Trinajstić information content (AvgIpc) is 3.42. The van der Waals surface area contributed by atoms with Gasteiger partial charge in [-0.25, -0.2) is 23.5 Å². The Labute approximate surface area is 298 Å². The van der Waals surface area contributed by atoms with Crippen molar-refractivity contribution in [3.8, 4) is 22.9 Å². The molecule has 0 saturated carbocycles. The number of hydrogen-bond donors (Lipinski definition) is 4. The molecule has 0 aliphatic heterocycles. The van der Waals surface area contributed by atoms with Crippen LogP contribution in [0.4, 0.5) is 24.4 Å². The van der Waals surface area contributed by atoms with Crippen molar-refractivity contribution in [2.75, 3.05) is 30.5 Å². The number of anilines is 2. The van der Waals surface area contributed by atoms with Gasteiger partial charge in [-0.15, -0.1) is 17.9 Å². The van der Waals surface area contributed by atoms with Gasteiger partial charge in [-0.05, 0) is 51.1 Å². The van der Waals surface area contributed by atoms with Crippen LogP contribution in [-0.4, -0.2) is 46.1 Å². The molecule has 0 fully saturated rings. The zero-order chi connectivity index (χ0) is 36.3. The van der Waals surface area contributed by atoms with Crippen molar-refractivity contribution in [1.82, 2.24) is 20.3 Å². The van der Waals surface area contributed by atoms with Crippen LogP contribution < -0.4 is 26.7 Å². The number of fused-ring (bicyclic) bond motifs is 2. The molecular weight excluding hydrogens is 708 g/mol. The quantitative estimate of drug-likeness (QED) is 0.0452. The maximum atomic E-state index is 16.7. The summed E-state index contributed by atoms with van der Waals surface area (Å²) < 4.78 is 43.4. The zero-order valence-electron chi connectivity index (χ0n) is 27.4. The van der Waals surface area contributed by atoms with Crippen molar-refractivity contribution in [1.29, 1.82) is 5.26 Å². The molecule has 11 nitrogen and oxygen atoms in total. The average molecular weight is 740 g/mol. The number of benzene rings is 2. The fourth-order valence-electron chi connectivity index (χ4n) is 5.30. The van der Waals surface area contributed by atoms with E-state index in [4.69, 9.17) is 26.8 Å². The Bertz CT molecular complexity index is 2230. The molecule has 260 valence electrons. The summed E-state index contributed by atoms with van der Waals surface area (Å²) in [4.78, 5) is 37.0. The highest BCUT2D eigenvalue weighted by Crippen LogP contribution is 2.48. The summed E-state index contributed by atoms with van der Waals surface area (Å²) in [7, 11) is 0. The maximum Gasteiger partial charge on any atom is 0.412 e. The number of H-pyrrole nitrogens is 1. The normalized spacial score (nSPS) is 12.1. The lowest BCUT2D eigenvalue weighted by atomic mass is 9.96. The van der Waals surface area contributed by atoms with Gasteiger partial charge in [-0.3, -0.25) is 10.1 Å². The number of nitrogens with zero attached hydrogens (tertiary/aromatic N) is 3. The van der Waals surface area contributed by atoms with Crippen LogP contribution in [0.15, 0.2) is 53.1 Å². The fraction of sp³-hybridized carbons (Fsp3) is 0.265. The number of amides is 1. The first kappa shape index (κ1) is 36.5. The lowest BCUT2D eigenvalue weighted by Crippen LogP contribution is -2.27. The van der Waals surface area contributed by atoms with E-state index >= 15 is 8.78 Å². The van der Waals surface area contributed by atoms with Gasteiger partial charge in [-0.2, -0.15) is 5.26 Å². The molecule has 0 saturated heterocycles. The topological polar surface area (TPSA) is 168 Å². The Morgan fingerprint density at radius 3 is 2.72 bits per heavy atom. The van der Waals surface area contributed by atoms with Crippen LogP contribution in [0, 0.1) is 23.0 Å². The number of carbonyl (C=O) groups is 1. The third-order valence-corrected chi connectivity index (χ3v) is 9.39. The van der Waals surface area contributed by atoms with Crippen molar-refractivity contribution >= 4 is 72.6 Å². The number of aromatic nitrogens is 3. The third-order valence-electron chi connectivity index (χ3n) is 7.34. The number of nitrogen functional groups attached to an aromatic ring is 1. The fourth-order valence-corrected chi connectivity index (χ4v) is 7.08. The van der Waals surface area contributed by atoms with Crippen molar-refractivity contribution in [2.45, 2.75) is 44.0 Å². The van der Waals surface area contributed by atoms with Crippen LogP contribution in [0.3, 0.4) is 0 Å². The van der Waals surface area contributed by atoms with Gasteiger partial charge in [-0.1, -0.05) is 41.6 Å². The number of nitrogens with two attached hydrogens (primary N) is 1. The number of aromatic amines is 1. The summed E-state index contributed by atoms with van der Waals surface area (Å²) in [6, 6.07) is 7.71. The van der Waals surface area contributed by atoms with Crippen LogP contribution in [0.25, 0.3) is 32.1 Å². The third kappa shape index (κ3) is 7.38. The van der Waals surface area contributed by atoms with Crippen molar-refractivity contribution in [3.05, 3.63) is 81.3 Å². The monoisotopic (exact) mass is 739 g/mol. The smallest absolute Gasteiger partial charge is 0.412 e. The number of carbonyl (C=O) groups excluding carboxylic acids is 1. The predicted molar refractivity (Wildman–Crippen MR) is 194 cm³/mol. The molecule has 0 radical (unpaired) electrons. The molecular formula is C34H32ClF2N7O4S2. The second kappa shape index (κ2) is 15.0. The Balaban J connectivity index is 1.63. The first-order valence-electron chi connectivity index (χ1n) is 15.1. The van der Waals surface area contributed by atoms with Gasteiger partial charge in [0.15, 0.2) is 16.7 Å². The first-order chi connectivity index (χ1) is 23.8. The second-order valence-corrected chi connectivity index (χ2v) is 14.0. The van der Waals surface area contributed by atoms with Gasteiger partial charge in [0.05, 0.1) is 15.3 Å². The number of nitrogens with one attached hydrogen (secondary N) is 3. The Hall–Kier alpha value is -4.75. The molecule has 5 N–H and O–H groups in total. The molecule has 5 rings (SSSR count). The molecule has 2 aromatic carbocycles. The number of rotatable bonds is 11. The number of pyridine rings is 1. The molecule has 0 aliphatic carbocycles. The highest BCUT2D eigenvalue weighted by Gasteiger charge is 2.29. The molecule has 50 heavy (non-hydrogen) atoms. The molecule has 0 bridgehead atoms. The van der Waals surface area contributed by atoms with E-state index < -0.39 is 28.9 Å². The van der Waals surface area contributed by atoms with Gasteiger partial charge < -0.3 is 25.5 Å². The summed E-state index contributed by atoms with van der Waals surface area (Å²) in [6.07, 6.45) is 4.63. The number of thioether (sulfide) groups is 1. The van der Waals surface area contributed by atoms with Crippen molar-refractivity contribution < 1.29 is 23.0 Å². The van der Waals surface area contributed by atoms with Crippen molar-refractivity contribution in [3.63, 3.8) is 0 Å². The first-order valence-corrected chi connectivity index (χ1v) is 17.5. The molecule has 3 heterocycles. The summed E-state index contributed by atoms with van der Waals surface area (Å²) in [5.41, 5.74) is 4.57. The zero-order valence-corrected chi connectivity index (χ0v) is 29.8. The Kier molecular flexibility index (Phi) is 11.0. The van der Waals surface area contributed by atoms with Crippen LogP contribution in [-0.2, 0) is 4.74 Å². The highest BCUT2D eigenvalue weighted by molar-refractivity contribution is 7.98. The highest BCUT2D eigenvalue weighted by atomic mass is 35.5.